The minimum Gasteiger partial charge on any atom is -0.473 e. The zero-order valence-electron chi connectivity index (χ0n) is 13.1. The number of carboxylic acids is 2. The van der Waals surface area contributed by atoms with E-state index in [0.29, 0.717) is 0 Å². The van der Waals surface area contributed by atoms with Gasteiger partial charge in [0.15, 0.2) is 0 Å². The first-order chi connectivity index (χ1) is 10.8. The van der Waals surface area contributed by atoms with Gasteiger partial charge in [0.25, 0.3) is 0 Å². The number of aliphatic carboxylic acids is 2. The lowest BCUT2D eigenvalue weighted by Crippen LogP contribution is -2.26. The molecule has 1 saturated heterocycles. The molecule has 0 radical (unpaired) electrons. The number of benzene rings is 1. The third-order valence-electron chi connectivity index (χ3n) is 3.22. The average molecular weight is 323 g/mol. The Morgan fingerprint density at radius 1 is 1.13 bits per heavy atom. The number of rotatable bonds is 3. The normalized spacial score (nSPS) is 19.6. The highest BCUT2D eigenvalue weighted by Gasteiger charge is 2.35. The Morgan fingerprint density at radius 2 is 1.70 bits per heavy atom. The van der Waals surface area contributed by atoms with E-state index in [1.165, 1.54) is 0 Å². The van der Waals surface area contributed by atoms with Crippen molar-refractivity contribution in [1.29, 1.82) is 0 Å². The Bertz CT molecular complexity index is 531. The van der Waals surface area contributed by atoms with Crippen LogP contribution >= 0.6 is 0 Å². The first kappa shape index (κ1) is 18.6. The lowest BCUT2D eigenvalue weighted by Gasteiger charge is -2.20. The van der Waals surface area contributed by atoms with E-state index in [-0.39, 0.29) is 24.0 Å². The average Bonchev–Trinajstić information content (AvgIpc) is 2.97. The van der Waals surface area contributed by atoms with E-state index in [9.17, 15) is 4.79 Å². The summed E-state index contributed by atoms with van der Waals surface area (Å²) in [4.78, 5) is 30.2. The van der Waals surface area contributed by atoms with Crippen LogP contribution in [0.5, 0.6) is 0 Å². The second-order valence-electron chi connectivity index (χ2n) is 5.33. The minimum atomic E-state index is -1.82. The minimum absolute atomic E-state index is 0.0421. The molecule has 0 saturated carbocycles. The molecule has 0 spiro atoms. The Balaban J connectivity index is 0.000000379. The van der Waals surface area contributed by atoms with Crippen LogP contribution in [-0.4, -0.2) is 40.8 Å². The van der Waals surface area contributed by atoms with E-state index in [1.54, 1.807) is 0 Å². The van der Waals surface area contributed by atoms with E-state index < -0.39 is 11.9 Å². The van der Waals surface area contributed by atoms with Crippen LogP contribution in [0.1, 0.15) is 31.9 Å². The fourth-order valence-corrected chi connectivity index (χ4v) is 2.29. The number of carbonyl (C=O) groups is 3. The molecule has 1 heterocycles. The standard InChI is InChI=1S/C14H19NO2.C2H2O4/c1-10(2)17-14(16)12-8-9-15-13(12)11-6-4-3-5-7-11;3-1(4)2(5)6/h3-7,10,12-13,15H,8-9H2,1-2H3;(H,3,4)(H,5,6)/t12-,13?;/m1./s1. The van der Waals surface area contributed by atoms with E-state index >= 15 is 0 Å². The number of ether oxygens (including phenoxy) is 1. The maximum Gasteiger partial charge on any atom is 0.414 e. The van der Waals surface area contributed by atoms with Gasteiger partial charge >= 0.3 is 17.9 Å². The van der Waals surface area contributed by atoms with Crippen LogP contribution in [-0.2, 0) is 19.1 Å². The largest absolute Gasteiger partial charge is 0.473 e. The zero-order chi connectivity index (χ0) is 17.4. The highest BCUT2D eigenvalue weighted by Crippen LogP contribution is 2.30. The monoisotopic (exact) mass is 323 g/mol. The number of esters is 1. The van der Waals surface area contributed by atoms with Gasteiger partial charge < -0.3 is 20.3 Å². The van der Waals surface area contributed by atoms with Crippen molar-refractivity contribution >= 4 is 17.9 Å². The second-order valence-corrected chi connectivity index (χ2v) is 5.33. The van der Waals surface area contributed by atoms with Gasteiger partial charge in [-0.2, -0.15) is 0 Å². The molecule has 0 bridgehead atoms. The summed E-state index contributed by atoms with van der Waals surface area (Å²) < 4.78 is 5.31. The molecule has 2 rings (SSSR count). The molecule has 1 fully saturated rings. The van der Waals surface area contributed by atoms with Crippen molar-refractivity contribution in [1.82, 2.24) is 5.32 Å². The summed E-state index contributed by atoms with van der Waals surface area (Å²) >= 11 is 0. The first-order valence-corrected chi connectivity index (χ1v) is 7.28. The topological polar surface area (TPSA) is 113 Å². The van der Waals surface area contributed by atoms with Gasteiger partial charge in [0.1, 0.15) is 0 Å². The molecule has 0 aromatic heterocycles. The lowest BCUT2D eigenvalue weighted by atomic mass is 9.94. The van der Waals surface area contributed by atoms with Gasteiger partial charge in [-0.15, -0.1) is 0 Å². The quantitative estimate of drug-likeness (QED) is 0.570. The predicted octanol–water partition coefficient (Wildman–Crippen LogP) is 1.44. The second kappa shape index (κ2) is 8.89. The Hall–Kier alpha value is -2.41. The highest BCUT2D eigenvalue weighted by molar-refractivity contribution is 6.27. The van der Waals surface area contributed by atoms with Crippen LogP contribution in [0.3, 0.4) is 0 Å². The molecular formula is C16H21NO6. The predicted molar refractivity (Wildman–Crippen MR) is 81.8 cm³/mol. The summed E-state index contributed by atoms with van der Waals surface area (Å²) in [6.45, 7) is 4.65. The van der Waals surface area contributed by atoms with Gasteiger partial charge in [0, 0.05) is 6.04 Å². The van der Waals surface area contributed by atoms with Crippen molar-refractivity contribution in [2.75, 3.05) is 6.54 Å². The molecule has 0 aliphatic carbocycles. The van der Waals surface area contributed by atoms with E-state index in [0.717, 1.165) is 18.5 Å². The maximum absolute atomic E-state index is 12.0. The highest BCUT2D eigenvalue weighted by atomic mass is 16.5. The molecule has 1 aromatic carbocycles. The van der Waals surface area contributed by atoms with Crippen molar-refractivity contribution in [3.63, 3.8) is 0 Å². The van der Waals surface area contributed by atoms with Crippen molar-refractivity contribution < 1.29 is 29.3 Å². The number of hydrogen-bond acceptors (Lipinski definition) is 5. The summed E-state index contributed by atoms with van der Waals surface area (Å²) in [6.07, 6.45) is 0.810. The molecule has 1 aliphatic heterocycles. The van der Waals surface area contributed by atoms with Gasteiger partial charge in [-0.1, -0.05) is 30.3 Å². The van der Waals surface area contributed by atoms with Gasteiger partial charge in [-0.05, 0) is 32.4 Å². The molecule has 3 N–H and O–H groups in total. The Kier molecular flexibility index (Phi) is 7.21. The lowest BCUT2D eigenvalue weighted by molar-refractivity contribution is -0.159. The van der Waals surface area contributed by atoms with E-state index in [4.69, 9.17) is 24.5 Å². The van der Waals surface area contributed by atoms with Crippen molar-refractivity contribution in [3.8, 4) is 0 Å². The van der Waals surface area contributed by atoms with Crippen LogP contribution in [0.25, 0.3) is 0 Å². The third kappa shape index (κ3) is 6.07. The molecule has 1 aromatic rings. The summed E-state index contributed by atoms with van der Waals surface area (Å²) in [7, 11) is 0. The fourth-order valence-electron chi connectivity index (χ4n) is 2.29. The SMILES string of the molecule is CC(C)OC(=O)[C@@H]1CCNC1c1ccccc1.O=C(O)C(=O)O. The summed E-state index contributed by atoms with van der Waals surface area (Å²) in [5.74, 6) is -3.79. The number of nitrogens with one attached hydrogen (secondary N) is 1. The van der Waals surface area contributed by atoms with Crippen LogP contribution in [0, 0.1) is 5.92 Å². The number of carboxylic acid groups (broad SMARTS) is 2. The van der Waals surface area contributed by atoms with E-state index in [2.05, 4.69) is 17.4 Å². The van der Waals surface area contributed by atoms with Crippen LogP contribution < -0.4 is 5.32 Å². The number of hydrogen-bond donors (Lipinski definition) is 3. The van der Waals surface area contributed by atoms with Gasteiger partial charge in [0.2, 0.25) is 0 Å². The van der Waals surface area contributed by atoms with Gasteiger partial charge in [-0.25, -0.2) is 9.59 Å². The van der Waals surface area contributed by atoms with E-state index in [1.807, 2.05) is 32.0 Å². The molecule has 7 heteroatoms. The van der Waals surface area contributed by atoms with Gasteiger partial charge in [0.05, 0.1) is 12.0 Å². The Morgan fingerprint density at radius 3 is 2.17 bits per heavy atom. The van der Waals surface area contributed by atoms with Crippen molar-refractivity contribution in [2.45, 2.75) is 32.4 Å². The molecular weight excluding hydrogens is 302 g/mol. The maximum atomic E-state index is 12.0. The summed E-state index contributed by atoms with van der Waals surface area (Å²) in [5, 5.41) is 18.2. The molecule has 1 unspecified atom stereocenters. The molecule has 126 valence electrons. The van der Waals surface area contributed by atoms with Crippen LogP contribution in [0.2, 0.25) is 0 Å². The molecule has 7 nitrogen and oxygen atoms in total. The zero-order valence-corrected chi connectivity index (χ0v) is 13.1. The number of carbonyl (C=O) groups excluding carboxylic acids is 1. The summed E-state index contributed by atoms with van der Waals surface area (Å²) in [5.41, 5.74) is 1.16. The fraction of sp³-hybridized carbons (Fsp3) is 0.438. The van der Waals surface area contributed by atoms with Crippen molar-refractivity contribution in [3.05, 3.63) is 35.9 Å². The molecule has 23 heavy (non-hydrogen) atoms. The van der Waals surface area contributed by atoms with Crippen molar-refractivity contribution in [2.24, 2.45) is 5.92 Å². The first-order valence-electron chi connectivity index (χ1n) is 7.28. The third-order valence-corrected chi connectivity index (χ3v) is 3.22. The smallest absolute Gasteiger partial charge is 0.414 e. The van der Waals surface area contributed by atoms with Crippen LogP contribution in [0.15, 0.2) is 30.3 Å². The molecule has 1 aliphatic rings. The summed E-state index contributed by atoms with van der Waals surface area (Å²) in [6, 6.07) is 10.2. The van der Waals surface area contributed by atoms with Crippen LogP contribution in [0.4, 0.5) is 0 Å². The molecule has 0 amide bonds. The Labute approximate surface area is 134 Å². The molecule has 2 atom stereocenters. The van der Waals surface area contributed by atoms with Gasteiger partial charge in [-0.3, -0.25) is 4.79 Å².